The Morgan fingerprint density at radius 3 is 2.68 bits per heavy atom. The maximum atomic E-state index is 5.42. The predicted octanol–water partition coefficient (Wildman–Crippen LogP) is 3.89. The summed E-state index contributed by atoms with van der Waals surface area (Å²) in [5.74, 6) is 0.966. The van der Waals surface area contributed by atoms with Gasteiger partial charge in [0.05, 0.1) is 7.11 Å². The van der Waals surface area contributed by atoms with Crippen molar-refractivity contribution >= 4 is 27.3 Å². The molecule has 1 unspecified atom stereocenters. The molecule has 0 aliphatic carbocycles. The lowest BCUT2D eigenvalue weighted by Gasteiger charge is -2.17. The first-order valence-electron chi connectivity index (χ1n) is 6.25. The van der Waals surface area contributed by atoms with Crippen LogP contribution < -0.4 is 10.1 Å². The summed E-state index contributed by atoms with van der Waals surface area (Å²) < 4.78 is 6.62. The lowest BCUT2D eigenvalue weighted by Crippen LogP contribution is -2.29. The Labute approximate surface area is 126 Å². The summed E-state index contributed by atoms with van der Waals surface area (Å²) >= 11 is 5.39. The zero-order valence-corrected chi connectivity index (χ0v) is 13.6. The third-order valence-electron chi connectivity index (χ3n) is 3.19. The van der Waals surface area contributed by atoms with Crippen LogP contribution in [0.3, 0.4) is 0 Å². The fourth-order valence-corrected chi connectivity index (χ4v) is 3.70. The van der Waals surface area contributed by atoms with Gasteiger partial charge in [-0.3, -0.25) is 0 Å². The number of hydrogen-bond acceptors (Lipinski definition) is 3. The minimum Gasteiger partial charge on any atom is -0.496 e. The van der Waals surface area contributed by atoms with Crippen molar-refractivity contribution in [2.75, 3.05) is 14.2 Å². The van der Waals surface area contributed by atoms with E-state index in [9.17, 15) is 0 Å². The van der Waals surface area contributed by atoms with Gasteiger partial charge in [0.15, 0.2) is 0 Å². The van der Waals surface area contributed by atoms with Gasteiger partial charge >= 0.3 is 0 Å². The van der Waals surface area contributed by atoms with Crippen LogP contribution in [-0.4, -0.2) is 20.2 Å². The Hall–Kier alpha value is -0.840. The number of hydrogen-bond donors (Lipinski definition) is 1. The van der Waals surface area contributed by atoms with Crippen LogP contribution in [0, 0.1) is 0 Å². The zero-order chi connectivity index (χ0) is 13.7. The lowest BCUT2D eigenvalue weighted by molar-refractivity contribution is 0.406. The Morgan fingerprint density at radius 1 is 1.26 bits per heavy atom. The van der Waals surface area contributed by atoms with E-state index in [4.69, 9.17) is 4.74 Å². The summed E-state index contributed by atoms with van der Waals surface area (Å²) in [7, 11) is 3.74. The molecule has 19 heavy (non-hydrogen) atoms. The maximum Gasteiger partial charge on any atom is 0.122 e. The molecule has 0 radical (unpaired) electrons. The van der Waals surface area contributed by atoms with Crippen LogP contribution in [0.15, 0.2) is 40.2 Å². The van der Waals surface area contributed by atoms with E-state index in [0.29, 0.717) is 6.04 Å². The van der Waals surface area contributed by atoms with Gasteiger partial charge in [0.25, 0.3) is 0 Å². The van der Waals surface area contributed by atoms with Crippen molar-refractivity contribution in [3.8, 4) is 5.75 Å². The predicted molar refractivity (Wildman–Crippen MR) is 85.3 cm³/mol. The molecule has 0 aliphatic heterocycles. The van der Waals surface area contributed by atoms with Crippen LogP contribution in [0.4, 0.5) is 0 Å². The van der Waals surface area contributed by atoms with Gasteiger partial charge < -0.3 is 10.1 Å². The minimum atomic E-state index is 0.409. The molecule has 1 N–H and O–H groups in total. The molecule has 0 fully saturated rings. The van der Waals surface area contributed by atoms with Crippen molar-refractivity contribution in [2.24, 2.45) is 0 Å². The molecule has 1 aromatic carbocycles. The molecule has 1 aromatic heterocycles. The van der Waals surface area contributed by atoms with Gasteiger partial charge in [-0.2, -0.15) is 0 Å². The third-order valence-corrected chi connectivity index (χ3v) is 5.14. The number of thiophene rings is 1. The van der Waals surface area contributed by atoms with Crippen LogP contribution in [0.5, 0.6) is 5.75 Å². The monoisotopic (exact) mass is 339 g/mol. The van der Waals surface area contributed by atoms with Crippen molar-refractivity contribution in [3.63, 3.8) is 0 Å². The lowest BCUT2D eigenvalue weighted by atomic mass is 10.0. The van der Waals surface area contributed by atoms with E-state index in [1.54, 1.807) is 18.4 Å². The van der Waals surface area contributed by atoms with Crippen LogP contribution in [-0.2, 0) is 12.8 Å². The molecule has 0 saturated heterocycles. The summed E-state index contributed by atoms with van der Waals surface area (Å²) in [6.07, 6.45) is 1.98. The normalized spacial score (nSPS) is 12.4. The summed E-state index contributed by atoms with van der Waals surface area (Å²) in [6, 6.07) is 10.7. The molecule has 2 rings (SSSR count). The number of ether oxygens (including phenoxy) is 1. The van der Waals surface area contributed by atoms with Crippen LogP contribution >= 0.6 is 27.3 Å². The average molecular weight is 340 g/mol. The summed E-state index contributed by atoms with van der Waals surface area (Å²) in [5.41, 5.74) is 1.25. The molecule has 0 amide bonds. The van der Waals surface area contributed by atoms with Gasteiger partial charge in [-0.15, -0.1) is 11.3 Å². The fraction of sp³-hybridized carbons (Fsp3) is 0.333. The minimum absolute atomic E-state index is 0.409. The Bertz CT molecular complexity index is 526. The van der Waals surface area contributed by atoms with Gasteiger partial charge in [-0.05, 0) is 58.9 Å². The molecule has 102 valence electrons. The van der Waals surface area contributed by atoms with Gasteiger partial charge in [0.1, 0.15) is 5.75 Å². The van der Waals surface area contributed by atoms with Gasteiger partial charge in [-0.1, -0.05) is 18.2 Å². The largest absolute Gasteiger partial charge is 0.496 e. The molecule has 0 aliphatic rings. The fourth-order valence-electron chi connectivity index (χ4n) is 2.11. The Balaban J connectivity index is 2.09. The Morgan fingerprint density at radius 2 is 2.05 bits per heavy atom. The first-order chi connectivity index (χ1) is 9.24. The van der Waals surface area contributed by atoms with Crippen molar-refractivity contribution in [1.82, 2.24) is 5.32 Å². The van der Waals surface area contributed by atoms with E-state index in [-0.39, 0.29) is 0 Å². The maximum absolute atomic E-state index is 5.42. The van der Waals surface area contributed by atoms with E-state index >= 15 is 0 Å². The average Bonchev–Trinajstić information content (AvgIpc) is 2.84. The summed E-state index contributed by atoms with van der Waals surface area (Å²) in [6.45, 7) is 0. The second kappa shape index (κ2) is 7.08. The standard InChI is InChI=1S/C15H18BrNOS/c1-17-12(10-15-13(16)7-8-19-15)9-11-5-3-4-6-14(11)18-2/h3-8,12,17H,9-10H2,1-2H3. The molecular formula is C15H18BrNOS. The highest BCUT2D eigenvalue weighted by Crippen LogP contribution is 2.26. The van der Waals surface area contributed by atoms with Crippen LogP contribution in [0.1, 0.15) is 10.4 Å². The molecule has 2 aromatic rings. The number of benzene rings is 1. The molecule has 0 bridgehead atoms. The van der Waals surface area contributed by atoms with E-state index in [1.165, 1.54) is 14.9 Å². The highest BCUT2D eigenvalue weighted by atomic mass is 79.9. The summed E-state index contributed by atoms with van der Waals surface area (Å²) in [5, 5.41) is 5.52. The second-order valence-corrected chi connectivity index (χ2v) is 6.25. The molecule has 0 saturated carbocycles. The number of methoxy groups -OCH3 is 1. The van der Waals surface area contributed by atoms with Crippen molar-refractivity contribution in [3.05, 3.63) is 50.6 Å². The highest BCUT2D eigenvalue weighted by Gasteiger charge is 2.13. The van der Waals surface area contributed by atoms with Crippen molar-refractivity contribution < 1.29 is 4.74 Å². The van der Waals surface area contributed by atoms with Gasteiger partial charge in [0.2, 0.25) is 0 Å². The highest BCUT2D eigenvalue weighted by molar-refractivity contribution is 9.10. The van der Waals surface area contributed by atoms with E-state index in [0.717, 1.165) is 18.6 Å². The topological polar surface area (TPSA) is 21.3 Å². The smallest absolute Gasteiger partial charge is 0.122 e. The zero-order valence-electron chi connectivity index (χ0n) is 11.2. The number of para-hydroxylation sites is 1. The van der Waals surface area contributed by atoms with E-state index < -0.39 is 0 Å². The van der Waals surface area contributed by atoms with Crippen molar-refractivity contribution in [1.29, 1.82) is 0 Å². The number of rotatable bonds is 6. The second-order valence-electron chi connectivity index (χ2n) is 4.40. The van der Waals surface area contributed by atoms with Crippen LogP contribution in [0.25, 0.3) is 0 Å². The van der Waals surface area contributed by atoms with Gasteiger partial charge in [0, 0.05) is 15.4 Å². The SMILES string of the molecule is CNC(Cc1ccccc1OC)Cc1sccc1Br. The quantitative estimate of drug-likeness (QED) is 0.861. The molecule has 1 atom stereocenters. The van der Waals surface area contributed by atoms with E-state index in [2.05, 4.69) is 44.8 Å². The molecule has 4 heteroatoms. The third kappa shape index (κ3) is 3.81. The first-order valence-corrected chi connectivity index (χ1v) is 7.93. The number of halogens is 1. The van der Waals surface area contributed by atoms with Crippen molar-refractivity contribution in [2.45, 2.75) is 18.9 Å². The molecule has 0 spiro atoms. The molecule has 2 nitrogen and oxygen atoms in total. The number of likely N-dealkylation sites (N-methyl/N-ethyl adjacent to an activating group) is 1. The Kier molecular flexibility index (Phi) is 5.43. The van der Waals surface area contributed by atoms with E-state index in [1.807, 2.05) is 19.2 Å². The number of nitrogens with one attached hydrogen (secondary N) is 1. The van der Waals surface area contributed by atoms with Gasteiger partial charge in [-0.25, -0.2) is 0 Å². The first kappa shape index (κ1) is 14.6. The molecular weight excluding hydrogens is 322 g/mol. The summed E-state index contributed by atoms with van der Waals surface area (Å²) in [4.78, 5) is 1.38. The van der Waals surface area contributed by atoms with Crippen LogP contribution in [0.2, 0.25) is 0 Å². The molecule has 1 heterocycles.